The standard InChI is InChI=1S/C12H18BrClN2/c1-16(2)7-3-6-15-9-10-4-5-11(14)8-12(10)13/h4-5,8,15H,3,6-7,9H2,1-2H3. The van der Waals surface area contributed by atoms with E-state index in [1.807, 2.05) is 18.2 Å². The lowest BCUT2D eigenvalue weighted by Crippen LogP contribution is -2.21. The van der Waals surface area contributed by atoms with Gasteiger partial charge in [-0.1, -0.05) is 33.6 Å². The molecule has 0 aliphatic carbocycles. The van der Waals surface area contributed by atoms with Gasteiger partial charge in [-0.25, -0.2) is 0 Å². The lowest BCUT2D eigenvalue weighted by molar-refractivity contribution is 0.394. The predicted octanol–water partition coefficient (Wildman–Crippen LogP) is 3.14. The minimum atomic E-state index is 0.767. The molecule has 90 valence electrons. The molecule has 1 aromatic rings. The molecule has 4 heteroatoms. The van der Waals surface area contributed by atoms with Crippen LogP contribution in [0.15, 0.2) is 22.7 Å². The van der Waals surface area contributed by atoms with Crippen molar-refractivity contribution in [3.8, 4) is 0 Å². The van der Waals surface area contributed by atoms with Crippen LogP contribution in [0.25, 0.3) is 0 Å². The molecule has 0 heterocycles. The maximum Gasteiger partial charge on any atom is 0.0417 e. The summed E-state index contributed by atoms with van der Waals surface area (Å²) in [4.78, 5) is 2.19. The molecule has 0 aromatic heterocycles. The number of rotatable bonds is 6. The fourth-order valence-corrected chi connectivity index (χ4v) is 2.23. The minimum absolute atomic E-state index is 0.767. The summed E-state index contributed by atoms with van der Waals surface area (Å²) in [7, 11) is 4.19. The molecule has 16 heavy (non-hydrogen) atoms. The van der Waals surface area contributed by atoms with Gasteiger partial charge in [-0.2, -0.15) is 0 Å². The second-order valence-electron chi connectivity index (χ2n) is 4.07. The van der Waals surface area contributed by atoms with Gasteiger partial charge in [0.2, 0.25) is 0 Å². The minimum Gasteiger partial charge on any atom is -0.313 e. The maximum absolute atomic E-state index is 5.88. The largest absolute Gasteiger partial charge is 0.313 e. The van der Waals surface area contributed by atoms with E-state index in [0.717, 1.165) is 35.6 Å². The monoisotopic (exact) mass is 304 g/mol. The molecule has 2 nitrogen and oxygen atoms in total. The Morgan fingerprint density at radius 1 is 1.38 bits per heavy atom. The van der Waals surface area contributed by atoms with Gasteiger partial charge in [0.1, 0.15) is 0 Å². The molecular weight excluding hydrogens is 288 g/mol. The third-order valence-electron chi connectivity index (χ3n) is 2.29. The van der Waals surface area contributed by atoms with E-state index in [4.69, 9.17) is 11.6 Å². The van der Waals surface area contributed by atoms with Crippen molar-refractivity contribution in [2.75, 3.05) is 27.2 Å². The quantitative estimate of drug-likeness (QED) is 0.812. The zero-order valence-corrected chi connectivity index (χ0v) is 12.1. The van der Waals surface area contributed by atoms with Crippen molar-refractivity contribution < 1.29 is 0 Å². The van der Waals surface area contributed by atoms with Crippen LogP contribution in [0.5, 0.6) is 0 Å². The van der Waals surface area contributed by atoms with E-state index in [1.165, 1.54) is 5.56 Å². The topological polar surface area (TPSA) is 15.3 Å². The second kappa shape index (κ2) is 7.28. The molecule has 0 saturated heterocycles. The first-order valence-corrected chi connectivity index (χ1v) is 6.56. The zero-order chi connectivity index (χ0) is 12.0. The van der Waals surface area contributed by atoms with Crippen molar-refractivity contribution >= 4 is 27.5 Å². The highest BCUT2D eigenvalue weighted by Crippen LogP contribution is 2.21. The van der Waals surface area contributed by atoms with Gasteiger partial charge < -0.3 is 10.2 Å². The first kappa shape index (κ1) is 14.0. The predicted molar refractivity (Wildman–Crippen MR) is 74.0 cm³/mol. The molecule has 0 amide bonds. The van der Waals surface area contributed by atoms with E-state index in [9.17, 15) is 0 Å². The van der Waals surface area contributed by atoms with Crippen LogP contribution < -0.4 is 5.32 Å². The fraction of sp³-hybridized carbons (Fsp3) is 0.500. The van der Waals surface area contributed by atoms with Crippen molar-refractivity contribution in [3.05, 3.63) is 33.3 Å². The Hall–Kier alpha value is -0.0900. The van der Waals surface area contributed by atoms with E-state index in [-0.39, 0.29) is 0 Å². The van der Waals surface area contributed by atoms with Gasteiger partial charge in [0.25, 0.3) is 0 Å². The first-order chi connectivity index (χ1) is 7.59. The van der Waals surface area contributed by atoms with Crippen LogP contribution in [0, 0.1) is 0 Å². The Balaban J connectivity index is 2.27. The molecule has 0 saturated carbocycles. The van der Waals surface area contributed by atoms with Gasteiger partial charge in [-0.05, 0) is 51.3 Å². The van der Waals surface area contributed by atoms with E-state index in [2.05, 4.69) is 40.2 Å². The average Bonchev–Trinajstić information content (AvgIpc) is 2.20. The number of nitrogens with zero attached hydrogens (tertiary/aromatic N) is 1. The fourth-order valence-electron chi connectivity index (χ4n) is 1.41. The molecule has 0 radical (unpaired) electrons. The normalized spacial score (nSPS) is 11.1. The molecule has 1 N–H and O–H groups in total. The van der Waals surface area contributed by atoms with Crippen molar-refractivity contribution in [2.24, 2.45) is 0 Å². The number of nitrogens with one attached hydrogen (secondary N) is 1. The van der Waals surface area contributed by atoms with Gasteiger partial charge in [0.15, 0.2) is 0 Å². The van der Waals surface area contributed by atoms with Crippen LogP contribution >= 0.6 is 27.5 Å². The van der Waals surface area contributed by atoms with E-state index in [0.29, 0.717) is 0 Å². The summed E-state index contributed by atoms with van der Waals surface area (Å²) in [5.41, 5.74) is 1.24. The zero-order valence-electron chi connectivity index (χ0n) is 9.76. The van der Waals surface area contributed by atoms with Crippen LogP contribution in [0.3, 0.4) is 0 Å². The second-order valence-corrected chi connectivity index (χ2v) is 5.36. The highest BCUT2D eigenvalue weighted by atomic mass is 79.9. The van der Waals surface area contributed by atoms with E-state index < -0.39 is 0 Å². The summed E-state index contributed by atoms with van der Waals surface area (Å²) >= 11 is 9.39. The van der Waals surface area contributed by atoms with Crippen LogP contribution in [0.1, 0.15) is 12.0 Å². The molecule has 0 fully saturated rings. The van der Waals surface area contributed by atoms with Gasteiger partial charge in [-0.3, -0.25) is 0 Å². The third-order valence-corrected chi connectivity index (χ3v) is 3.26. The van der Waals surface area contributed by atoms with Gasteiger partial charge in [-0.15, -0.1) is 0 Å². The van der Waals surface area contributed by atoms with Crippen molar-refractivity contribution in [1.29, 1.82) is 0 Å². The van der Waals surface area contributed by atoms with Crippen LogP contribution in [-0.2, 0) is 6.54 Å². The van der Waals surface area contributed by atoms with Crippen LogP contribution in [0.4, 0.5) is 0 Å². The molecule has 0 atom stereocenters. The lowest BCUT2D eigenvalue weighted by Gasteiger charge is -2.10. The Morgan fingerprint density at radius 3 is 2.75 bits per heavy atom. The van der Waals surface area contributed by atoms with Gasteiger partial charge in [0, 0.05) is 16.0 Å². The molecule has 0 spiro atoms. The Morgan fingerprint density at radius 2 is 2.12 bits per heavy atom. The molecule has 0 unspecified atom stereocenters. The number of hydrogen-bond acceptors (Lipinski definition) is 2. The number of halogens is 2. The Labute approximate surface area is 111 Å². The van der Waals surface area contributed by atoms with Crippen LogP contribution in [-0.4, -0.2) is 32.1 Å². The summed E-state index contributed by atoms with van der Waals surface area (Å²) in [5, 5.41) is 4.18. The van der Waals surface area contributed by atoms with Gasteiger partial charge in [0.05, 0.1) is 0 Å². The van der Waals surface area contributed by atoms with E-state index in [1.54, 1.807) is 0 Å². The molecule has 1 rings (SSSR count). The van der Waals surface area contributed by atoms with Crippen molar-refractivity contribution in [1.82, 2.24) is 10.2 Å². The molecule has 0 aliphatic heterocycles. The molecule has 0 bridgehead atoms. The summed E-state index contributed by atoms with van der Waals surface area (Å²) < 4.78 is 1.07. The maximum atomic E-state index is 5.88. The summed E-state index contributed by atoms with van der Waals surface area (Å²) in [6.45, 7) is 3.03. The van der Waals surface area contributed by atoms with Crippen molar-refractivity contribution in [2.45, 2.75) is 13.0 Å². The third kappa shape index (κ3) is 5.30. The SMILES string of the molecule is CN(C)CCCNCc1ccc(Cl)cc1Br. The van der Waals surface area contributed by atoms with Gasteiger partial charge >= 0.3 is 0 Å². The summed E-state index contributed by atoms with van der Waals surface area (Å²) in [5.74, 6) is 0. The Bertz CT molecular complexity index is 329. The summed E-state index contributed by atoms with van der Waals surface area (Å²) in [6.07, 6.45) is 1.16. The average molecular weight is 306 g/mol. The van der Waals surface area contributed by atoms with Crippen molar-refractivity contribution in [3.63, 3.8) is 0 Å². The lowest BCUT2D eigenvalue weighted by atomic mass is 10.2. The Kier molecular flexibility index (Phi) is 6.36. The molecule has 1 aromatic carbocycles. The highest BCUT2D eigenvalue weighted by Gasteiger charge is 2.00. The summed E-state index contributed by atoms with van der Waals surface area (Å²) in [6, 6.07) is 5.90. The smallest absolute Gasteiger partial charge is 0.0417 e. The molecular formula is C12H18BrClN2. The van der Waals surface area contributed by atoms with Crippen LogP contribution in [0.2, 0.25) is 5.02 Å². The highest BCUT2D eigenvalue weighted by molar-refractivity contribution is 9.10. The number of hydrogen-bond donors (Lipinski definition) is 1. The molecule has 0 aliphatic rings. The number of benzene rings is 1. The first-order valence-electron chi connectivity index (χ1n) is 5.39. The van der Waals surface area contributed by atoms with E-state index >= 15 is 0 Å².